The van der Waals surface area contributed by atoms with Crippen molar-refractivity contribution >= 4 is 0 Å². The van der Waals surface area contributed by atoms with Crippen molar-refractivity contribution in [1.29, 1.82) is 0 Å². The fourth-order valence-corrected chi connectivity index (χ4v) is 1.94. The largest absolute Gasteiger partial charge is 0.386 e. The first-order chi connectivity index (χ1) is 8.93. The molecule has 0 atom stereocenters. The Labute approximate surface area is 112 Å². The highest BCUT2D eigenvalue weighted by atomic mass is 16.3. The number of aromatic nitrogens is 2. The van der Waals surface area contributed by atoms with Gasteiger partial charge in [0.15, 0.2) is 0 Å². The fourth-order valence-electron chi connectivity index (χ4n) is 1.94. The maximum atomic E-state index is 12.2. The second kappa shape index (κ2) is 4.97. The highest BCUT2D eigenvalue weighted by Crippen LogP contribution is 2.21. The van der Waals surface area contributed by atoms with E-state index in [0.717, 1.165) is 5.56 Å². The van der Waals surface area contributed by atoms with Crippen LogP contribution in [0.3, 0.4) is 0 Å². The number of nitrogens with zero attached hydrogens (tertiary/aromatic N) is 2. The van der Waals surface area contributed by atoms with Crippen LogP contribution in [0.1, 0.15) is 26.3 Å². The third-order valence-electron chi connectivity index (χ3n) is 3.00. The molecule has 0 fully saturated rings. The minimum absolute atomic E-state index is 0.241. The van der Waals surface area contributed by atoms with Crippen LogP contribution in [-0.4, -0.2) is 14.9 Å². The Morgan fingerprint density at radius 2 is 1.89 bits per heavy atom. The quantitative estimate of drug-likeness (QED) is 0.917. The smallest absolute Gasteiger partial charge is 0.272 e. The van der Waals surface area contributed by atoms with E-state index in [1.165, 1.54) is 4.68 Å². The lowest BCUT2D eigenvalue weighted by atomic mass is 9.98. The van der Waals surface area contributed by atoms with Gasteiger partial charge in [0.2, 0.25) is 0 Å². The van der Waals surface area contributed by atoms with Gasteiger partial charge in [-0.05, 0) is 26.8 Å². The number of benzene rings is 1. The van der Waals surface area contributed by atoms with Gasteiger partial charge in [-0.2, -0.15) is 5.10 Å². The van der Waals surface area contributed by atoms with Crippen molar-refractivity contribution in [3.63, 3.8) is 0 Å². The second-order valence-corrected chi connectivity index (χ2v) is 4.99. The molecule has 2 aromatic rings. The molecule has 0 saturated carbocycles. The van der Waals surface area contributed by atoms with E-state index in [1.807, 2.05) is 37.3 Å². The molecular weight excluding hydrogens is 240 g/mol. The molecule has 0 amide bonds. The predicted octanol–water partition coefficient (Wildman–Crippen LogP) is 2.16. The van der Waals surface area contributed by atoms with E-state index in [4.69, 9.17) is 0 Å². The van der Waals surface area contributed by atoms with Crippen LogP contribution in [0, 0.1) is 0 Å². The summed E-state index contributed by atoms with van der Waals surface area (Å²) in [4.78, 5) is 12.2. The number of hydrogen-bond acceptors (Lipinski definition) is 3. The molecule has 100 valence electrons. The zero-order valence-electron chi connectivity index (χ0n) is 11.4. The van der Waals surface area contributed by atoms with Gasteiger partial charge in [-0.15, -0.1) is 0 Å². The Bertz CT molecular complexity index is 625. The molecule has 0 aliphatic heterocycles. The first-order valence-electron chi connectivity index (χ1n) is 6.34. The molecule has 0 radical (unpaired) electrons. The molecular formula is C15H18N2O2. The lowest BCUT2D eigenvalue weighted by molar-refractivity contribution is 0.0762. The summed E-state index contributed by atoms with van der Waals surface area (Å²) in [6.07, 6.45) is 0. The Morgan fingerprint density at radius 3 is 2.42 bits per heavy atom. The van der Waals surface area contributed by atoms with Gasteiger partial charge < -0.3 is 5.11 Å². The van der Waals surface area contributed by atoms with Crippen LogP contribution < -0.4 is 5.56 Å². The van der Waals surface area contributed by atoms with E-state index in [9.17, 15) is 9.90 Å². The Balaban J connectivity index is 2.68. The lowest BCUT2D eigenvalue weighted by Gasteiger charge is -2.19. The summed E-state index contributed by atoms with van der Waals surface area (Å²) in [6.45, 7) is 5.55. The summed E-state index contributed by atoms with van der Waals surface area (Å²) < 4.78 is 1.38. The first-order valence-corrected chi connectivity index (χ1v) is 6.34. The van der Waals surface area contributed by atoms with Gasteiger partial charge in [-0.25, -0.2) is 4.68 Å². The van der Waals surface area contributed by atoms with Crippen LogP contribution in [0.4, 0.5) is 0 Å². The van der Waals surface area contributed by atoms with E-state index < -0.39 is 5.60 Å². The Hall–Kier alpha value is -1.94. The third-order valence-corrected chi connectivity index (χ3v) is 3.00. The normalized spacial score (nSPS) is 11.6. The summed E-state index contributed by atoms with van der Waals surface area (Å²) in [5.74, 6) is 0. The van der Waals surface area contributed by atoms with Crippen LogP contribution in [0.2, 0.25) is 0 Å². The standard InChI is InChI=1S/C15H18N2O2/c1-4-17-14(18)12(15(2,3)19)10-13(16-17)11-8-6-5-7-9-11/h5-10,19H,4H2,1-3H3. The van der Waals surface area contributed by atoms with E-state index in [0.29, 0.717) is 17.8 Å². The molecule has 0 saturated heterocycles. The van der Waals surface area contributed by atoms with E-state index in [-0.39, 0.29) is 5.56 Å². The number of aryl methyl sites for hydroxylation is 1. The molecule has 0 spiro atoms. The van der Waals surface area contributed by atoms with Gasteiger partial charge in [-0.3, -0.25) is 4.79 Å². The first kappa shape index (κ1) is 13.5. The molecule has 2 rings (SSSR count). The molecule has 0 unspecified atom stereocenters. The van der Waals surface area contributed by atoms with Gasteiger partial charge in [0, 0.05) is 12.1 Å². The molecule has 19 heavy (non-hydrogen) atoms. The van der Waals surface area contributed by atoms with Crippen LogP contribution in [-0.2, 0) is 12.1 Å². The molecule has 0 aliphatic carbocycles. The van der Waals surface area contributed by atoms with Crippen LogP contribution >= 0.6 is 0 Å². The van der Waals surface area contributed by atoms with Gasteiger partial charge in [0.05, 0.1) is 16.9 Å². The number of hydrogen-bond donors (Lipinski definition) is 1. The van der Waals surface area contributed by atoms with Crippen molar-refractivity contribution in [3.05, 3.63) is 52.3 Å². The maximum absolute atomic E-state index is 12.2. The molecule has 4 heteroatoms. The zero-order valence-corrected chi connectivity index (χ0v) is 11.4. The van der Waals surface area contributed by atoms with Crippen LogP contribution in [0.5, 0.6) is 0 Å². The summed E-state index contributed by atoms with van der Waals surface area (Å²) in [5.41, 5.74) is 0.563. The van der Waals surface area contributed by atoms with Crippen LogP contribution in [0.25, 0.3) is 11.3 Å². The molecule has 1 N–H and O–H groups in total. The highest BCUT2D eigenvalue weighted by molar-refractivity contribution is 5.59. The van der Waals surface area contributed by atoms with Gasteiger partial charge >= 0.3 is 0 Å². The van der Waals surface area contributed by atoms with E-state index >= 15 is 0 Å². The van der Waals surface area contributed by atoms with Crippen LogP contribution in [0.15, 0.2) is 41.2 Å². The van der Waals surface area contributed by atoms with Crippen molar-refractivity contribution in [1.82, 2.24) is 9.78 Å². The van der Waals surface area contributed by atoms with E-state index in [2.05, 4.69) is 5.10 Å². The molecule has 0 aliphatic rings. The van der Waals surface area contributed by atoms with Gasteiger partial charge in [-0.1, -0.05) is 30.3 Å². The predicted molar refractivity (Wildman–Crippen MR) is 74.9 cm³/mol. The van der Waals surface area contributed by atoms with Crippen molar-refractivity contribution in [2.75, 3.05) is 0 Å². The molecule has 1 aromatic carbocycles. The summed E-state index contributed by atoms with van der Waals surface area (Å²) in [7, 11) is 0. The van der Waals surface area contributed by atoms with Crippen molar-refractivity contribution in [3.8, 4) is 11.3 Å². The van der Waals surface area contributed by atoms with Crippen molar-refractivity contribution < 1.29 is 5.11 Å². The third kappa shape index (κ3) is 2.74. The van der Waals surface area contributed by atoms with Gasteiger partial charge in [0.1, 0.15) is 0 Å². The zero-order chi connectivity index (χ0) is 14.0. The average Bonchev–Trinajstić information content (AvgIpc) is 2.38. The minimum Gasteiger partial charge on any atom is -0.386 e. The second-order valence-electron chi connectivity index (χ2n) is 4.99. The lowest BCUT2D eigenvalue weighted by Crippen LogP contribution is -2.33. The summed E-state index contributed by atoms with van der Waals surface area (Å²) >= 11 is 0. The molecule has 0 bridgehead atoms. The van der Waals surface area contributed by atoms with E-state index in [1.54, 1.807) is 19.9 Å². The van der Waals surface area contributed by atoms with Crippen molar-refractivity contribution in [2.24, 2.45) is 0 Å². The molecule has 4 nitrogen and oxygen atoms in total. The summed E-state index contributed by atoms with van der Waals surface area (Å²) in [5, 5.41) is 14.4. The minimum atomic E-state index is -1.18. The Kier molecular flexibility index (Phi) is 3.53. The Morgan fingerprint density at radius 1 is 1.26 bits per heavy atom. The number of rotatable bonds is 3. The maximum Gasteiger partial charge on any atom is 0.272 e. The highest BCUT2D eigenvalue weighted by Gasteiger charge is 2.22. The topological polar surface area (TPSA) is 55.1 Å². The number of aliphatic hydroxyl groups is 1. The summed E-state index contributed by atoms with van der Waals surface area (Å²) in [6, 6.07) is 11.3. The molecule has 1 aromatic heterocycles. The molecule has 1 heterocycles. The fraction of sp³-hybridized carbons (Fsp3) is 0.333. The average molecular weight is 258 g/mol. The van der Waals surface area contributed by atoms with Gasteiger partial charge in [0.25, 0.3) is 5.56 Å². The SMILES string of the molecule is CCn1nc(-c2ccccc2)cc(C(C)(C)O)c1=O. The monoisotopic (exact) mass is 258 g/mol. The van der Waals surface area contributed by atoms with Crippen molar-refractivity contribution in [2.45, 2.75) is 32.9 Å².